The molecule has 2 fully saturated rings. The maximum Gasteiger partial charge on any atom is 0.416 e. The molecule has 4 rings (SSSR count). The van der Waals surface area contributed by atoms with Crippen molar-refractivity contribution in [2.24, 2.45) is 0 Å². The smallest absolute Gasteiger partial charge is 0.370 e. The van der Waals surface area contributed by atoms with Crippen LogP contribution in [0, 0.1) is 13.8 Å². The highest BCUT2D eigenvalue weighted by molar-refractivity contribution is 7.93. The predicted molar refractivity (Wildman–Crippen MR) is 118 cm³/mol. The number of anilines is 2. The Morgan fingerprint density at radius 1 is 1.15 bits per heavy atom. The summed E-state index contributed by atoms with van der Waals surface area (Å²) in [5, 5.41) is 4.26. The van der Waals surface area contributed by atoms with Crippen LogP contribution in [0.4, 0.5) is 24.5 Å². The van der Waals surface area contributed by atoms with E-state index in [0.717, 1.165) is 25.0 Å². The molecule has 0 bridgehead atoms. The number of aromatic nitrogens is 2. The number of aryl methyl sites for hydroxylation is 1. The minimum absolute atomic E-state index is 0.000221. The standard InChI is InChI=1S/C20H25F3N4O4S2/c1-13-19(14(2)27(24-13)16-7-10-32(28,29)12-16)33(30,31)25-17-11-15(20(21,22)23)5-6-18(17)26-8-3-4-9-26/h5-6,11,16,25H,3-4,7-10,12H2,1-2H3/t16-/m1/s1. The summed E-state index contributed by atoms with van der Waals surface area (Å²) in [4.78, 5) is 1.70. The highest BCUT2D eigenvalue weighted by atomic mass is 32.2. The molecule has 1 N–H and O–H groups in total. The molecule has 0 saturated carbocycles. The summed E-state index contributed by atoms with van der Waals surface area (Å²) in [6, 6.07) is 2.56. The van der Waals surface area contributed by atoms with Gasteiger partial charge in [0.05, 0.1) is 45.9 Å². The molecular weight excluding hydrogens is 481 g/mol. The van der Waals surface area contributed by atoms with E-state index in [-0.39, 0.29) is 33.5 Å². The molecule has 3 heterocycles. The SMILES string of the molecule is Cc1nn([C@@H]2CCS(=O)(=O)C2)c(C)c1S(=O)(=O)Nc1cc(C(F)(F)F)ccc1N1CCCC1. The normalized spacial score (nSPS) is 21.0. The number of rotatable bonds is 5. The van der Waals surface area contributed by atoms with Gasteiger partial charge in [0.1, 0.15) is 4.90 Å². The molecule has 1 aromatic heterocycles. The van der Waals surface area contributed by atoms with E-state index in [0.29, 0.717) is 25.2 Å². The number of benzene rings is 1. The summed E-state index contributed by atoms with van der Waals surface area (Å²) in [6.45, 7) is 4.24. The van der Waals surface area contributed by atoms with Crippen molar-refractivity contribution in [2.75, 3.05) is 34.2 Å². The number of hydrogen-bond acceptors (Lipinski definition) is 6. The third-order valence-corrected chi connectivity index (χ3v) is 9.46. The Labute approximate surface area is 190 Å². The van der Waals surface area contributed by atoms with Crippen LogP contribution in [0.15, 0.2) is 23.1 Å². The Morgan fingerprint density at radius 3 is 2.39 bits per heavy atom. The highest BCUT2D eigenvalue weighted by Crippen LogP contribution is 2.38. The minimum atomic E-state index is -4.63. The lowest BCUT2D eigenvalue weighted by molar-refractivity contribution is -0.137. The average Bonchev–Trinajstić information content (AvgIpc) is 3.40. The zero-order valence-electron chi connectivity index (χ0n) is 18.2. The third-order valence-electron chi connectivity index (χ3n) is 6.10. The summed E-state index contributed by atoms with van der Waals surface area (Å²) in [5.41, 5.74) is -0.324. The van der Waals surface area contributed by atoms with Crippen molar-refractivity contribution in [3.05, 3.63) is 35.2 Å². The lowest BCUT2D eigenvalue weighted by Crippen LogP contribution is -2.22. The van der Waals surface area contributed by atoms with Gasteiger partial charge in [-0.2, -0.15) is 18.3 Å². The zero-order chi connectivity index (χ0) is 24.2. The number of nitrogens with one attached hydrogen (secondary N) is 1. The average molecular weight is 507 g/mol. The highest BCUT2D eigenvalue weighted by Gasteiger charge is 2.35. The molecule has 182 valence electrons. The Bertz CT molecular complexity index is 1280. The van der Waals surface area contributed by atoms with Crippen molar-refractivity contribution in [1.82, 2.24) is 9.78 Å². The van der Waals surface area contributed by atoms with Gasteiger partial charge in [-0.05, 0) is 51.3 Å². The fraction of sp³-hybridized carbons (Fsp3) is 0.550. The maximum atomic E-state index is 13.3. The molecular formula is C20H25F3N4O4S2. The number of sulfonamides is 1. The Balaban J connectivity index is 1.73. The van der Waals surface area contributed by atoms with Crippen molar-refractivity contribution in [3.8, 4) is 0 Å². The van der Waals surface area contributed by atoms with Crippen molar-refractivity contribution in [3.63, 3.8) is 0 Å². The number of sulfone groups is 1. The van der Waals surface area contributed by atoms with E-state index in [9.17, 15) is 30.0 Å². The first-order chi connectivity index (χ1) is 15.3. The Kier molecular flexibility index (Phi) is 5.92. The van der Waals surface area contributed by atoms with Gasteiger partial charge in [0, 0.05) is 13.1 Å². The monoisotopic (exact) mass is 506 g/mol. The molecule has 1 atom stereocenters. The molecule has 0 unspecified atom stereocenters. The molecule has 8 nitrogen and oxygen atoms in total. The Hall–Kier alpha value is -2.28. The van der Waals surface area contributed by atoms with Crippen molar-refractivity contribution in [2.45, 2.75) is 50.2 Å². The zero-order valence-corrected chi connectivity index (χ0v) is 19.8. The summed E-state index contributed by atoms with van der Waals surface area (Å²) < 4.78 is 94.2. The molecule has 13 heteroatoms. The molecule has 1 aromatic carbocycles. The van der Waals surface area contributed by atoms with Crippen LogP contribution in [0.1, 0.15) is 42.3 Å². The lowest BCUT2D eigenvalue weighted by atomic mass is 10.1. The van der Waals surface area contributed by atoms with E-state index >= 15 is 0 Å². The second kappa shape index (κ2) is 8.19. The third kappa shape index (κ3) is 4.70. The van der Waals surface area contributed by atoms with Gasteiger partial charge in [0.2, 0.25) is 0 Å². The maximum absolute atomic E-state index is 13.3. The number of alkyl halides is 3. The topological polar surface area (TPSA) is 101 Å². The first kappa shape index (κ1) is 23.9. The lowest BCUT2D eigenvalue weighted by Gasteiger charge is -2.23. The van der Waals surface area contributed by atoms with Crippen LogP contribution in [0.25, 0.3) is 0 Å². The first-order valence-corrected chi connectivity index (χ1v) is 13.8. The second-order valence-electron chi connectivity index (χ2n) is 8.53. The summed E-state index contributed by atoms with van der Waals surface area (Å²) >= 11 is 0. The summed E-state index contributed by atoms with van der Waals surface area (Å²) in [6.07, 6.45) is -2.58. The Morgan fingerprint density at radius 2 is 1.82 bits per heavy atom. The van der Waals surface area contributed by atoms with Crippen LogP contribution in [-0.4, -0.2) is 51.2 Å². The van der Waals surface area contributed by atoms with E-state index in [1.807, 2.05) is 4.90 Å². The number of nitrogens with zero attached hydrogens (tertiary/aromatic N) is 3. The van der Waals surface area contributed by atoms with E-state index in [1.54, 1.807) is 0 Å². The second-order valence-corrected chi connectivity index (χ2v) is 12.4. The predicted octanol–water partition coefficient (Wildman–Crippen LogP) is 3.28. The van der Waals surface area contributed by atoms with Gasteiger partial charge in [-0.25, -0.2) is 16.8 Å². The van der Waals surface area contributed by atoms with Gasteiger partial charge in [-0.1, -0.05) is 0 Å². The molecule has 0 aliphatic carbocycles. The van der Waals surface area contributed by atoms with E-state index in [1.165, 1.54) is 24.6 Å². The van der Waals surface area contributed by atoms with E-state index < -0.39 is 37.6 Å². The van der Waals surface area contributed by atoms with Gasteiger partial charge >= 0.3 is 6.18 Å². The number of halogens is 3. The quantitative estimate of drug-likeness (QED) is 0.668. The minimum Gasteiger partial charge on any atom is -0.370 e. The molecule has 2 aromatic rings. The largest absolute Gasteiger partial charge is 0.416 e. The van der Waals surface area contributed by atoms with Crippen molar-refractivity contribution < 1.29 is 30.0 Å². The molecule has 0 spiro atoms. The fourth-order valence-corrected chi connectivity index (χ4v) is 7.74. The molecule has 2 aliphatic rings. The molecule has 0 amide bonds. The summed E-state index contributed by atoms with van der Waals surface area (Å²) in [5.74, 6) is -0.131. The van der Waals surface area contributed by atoms with E-state index in [2.05, 4.69) is 9.82 Å². The van der Waals surface area contributed by atoms with E-state index in [4.69, 9.17) is 0 Å². The van der Waals surface area contributed by atoms with Gasteiger partial charge in [0.15, 0.2) is 9.84 Å². The van der Waals surface area contributed by atoms with Gasteiger partial charge < -0.3 is 4.90 Å². The van der Waals surface area contributed by atoms with Crippen molar-refractivity contribution >= 4 is 31.2 Å². The van der Waals surface area contributed by atoms with Crippen LogP contribution < -0.4 is 9.62 Å². The van der Waals surface area contributed by atoms with Crippen LogP contribution in [-0.2, 0) is 26.0 Å². The van der Waals surface area contributed by atoms with Gasteiger partial charge in [-0.3, -0.25) is 9.40 Å². The molecule has 2 saturated heterocycles. The summed E-state index contributed by atoms with van der Waals surface area (Å²) in [7, 11) is -7.52. The molecule has 0 radical (unpaired) electrons. The fourth-order valence-electron chi connectivity index (χ4n) is 4.58. The van der Waals surface area contributed by atoms with Gasteiger partial charge in [-0.15, -0.1) is 0 Å². The van der Waals surface area contributed by atoms with Crippen LogP contribution in [0.3, 0.4) is 0 Å². The van der Waals surface area contributed by atoms with Crippen LogP contribution in [0.2, 0.25) is 0 Å². The van der Waals surface area contributed by atoms with Crippen LogP contribution in [0.5, 0.6) is 0 Å². The molecule has 2 aliphatic heterocycles. The number of hydrogen-bond donors (Lipinski definition) is 1. The first-order valence-electron chi connectivity index (χ1n) is 10.5. The van der Waals surface area contributed by atoms with Gasteiger partial charge in [0.25, 0.3) is 10.0 Å². The molecule has 33 heavy (non-hydrogen) atoms. The van der Waals surface area contributed by atoms with Crippen LogP contribution >= 0.6 is 0 Å². The van der Waals surface area contributed by atoms with Crippen molar-refractivity contribution in [1.29, 1.82) is 0 Å².